The lowest BCUT2D eigenvalue weighted by atomic mass is 10.3. The molecule has 11 heavy (non-hydrogen) atoms. The summed E-state index contributed by atoms with van der Waals surface area (Å²) >= 11 is 0. The lowest BCUT2D eigenvalue weighted by Gasteiger charge is -1.97. The third-order valence-corrected chi connectivity index (χ3v) is 1.98. The molecule has 0 aliphatic heterocycles. The molecule has 1 aromatic rings. The van der Waals surface area contributed by atoms with Crippen LogP contribution in [0.15, 0.2) is 12.5 Å². The molecule has 0 bridgehead atoms. The Morgan fingerprint density at radius 2 is 2.73 bits per heavy atom. The van der Waals surface area contributed by atoms with Crippen LogP contribution in [-0.2, 0) is 4.84 Å². The van der Waals surface area contributed by atoms with E-state index in [4.69, 9.17) is 4.84 Å². The Labute approximate surface area is 64.9 Å². The van der Waals surface area contributed by atoms with Gasteiger partial charge in [0, 0.05) is 23.9 Å². The minimum atomic E-state index is 0.473. The van der Waals surface area contributed by atoms with E-state index in [9.17, 15) is 0 Å². The maximum absolute atomic E-state index is 4.81. The number of hydroxylamine groups is 1. The summed E-state index contributed by atoms with van der Waals surface area (Å²) in [7, 11) is 1.64. The standard InChI is InChI=1S/C7H11N3O/c1-11-10-6-2-5(6)7-3-8-4-9-7/h3-6,10H,2H2,1H3,(H,8,9). The third-order valence-electron chi connectivity index (χ3n) is 1.98. The fourth-order valence-corrected chi connectivity index (χ4v) is 1.29. The summed E-state index contributed by atoms with van der Waals surface area (Å²) in [6.45, 7) is 0. The summed E-state index contributed by atoms with van der Waals surface area (Å²) in [5.74, 6) is 0.567. The number of aromatic nitrogens is 2. The van der Waals surface area contributed by atoms with Gasteiger partial charge in [-0.2, -0.15) is 5.48 Å². The van der Waals surface area contributed by atoms with Crippen molar-refractivity contribution in [1.82, 2.24) is 15.4 Å². The summed E-state index contributed by atoms with van der Waals surface area (Å²) in [6, 6.07) is 0.473. The van der Waals surface area contributed by atoms with Crippen LogP contribution in [0.2, 0.25) is 0 Å². The first-order chi connectivity index (χ1) is 5.42. The molecule has 2 unspecified atom stereocenters. The van der Waals surface area contributed by atoms with Crippen LogP contribution in [0.25, 0.3) is 0 Å². The molecule has 60 valence electrons. The fourth-order valence-electron chi connectivity index (χ4n) is 1.29. The van der Waals surface area contributed by atoms with Crippen LogP contribution in [0.4, 0.5) is 0 Å². The van der Waals surface area contributed by atoms with Gasteiger partial charge >= 0.3 is 0 Å². The molecule has 2 N–H and O–H groups in total. The topological polar surface area (TPSA) is 49.9 Å². The molecule has 0 radical (unpaired) electrons. The first-order valence-electron chi connectivity index (χ1n) is 3.68. The minimum Gasteiger partial charge on any atom is -0.348 e. The van der Waals surface area contributed by atoms with Crippen molar-refractivity contribution in [3.8, 4) is 0 Å². The number of imidazole rings is 1. The van der Waals surface area contributed by atoms with Crippen LogP contribution in [0.5, 0.6) is 0 Å². The summed E-state index contributed by atoms with van der Waals surface area (Å²) in [4.78, 5) is 11.8. The van der Waals surface area contributed by atoms with Gasteiger partial charge in [0.1, 0.15) is 0 Å². The largest absolute Gasteiger partial charge is 0.348 e. The van der Waals surface area contributed by atoms with E-state index in [2.05, 4.69) is 15.4 Å². The molecular formula is C7H11N3O. The van der Waals surface area contributed by atoms with Crippen LogP contribution in [0.3, 0.4) is 0 Å². The van der Waals surface area contributed by atoms with Crippen molar-refractivity contribution >= 4 is 0 Å². The van der Waals surface area contributed by atoms with Crippen molar-refractivity contribution in [3.05, 3.63) is 18.2 Å². The molecule has 1 saturated carbocycles. The predicted molar refractivity (Wildman–Crippen MR) is 39.9 cm³/mol. The maximum atomic E-state index is 4.81. The highest BCUT2D eigenvalue weighted by Gasteiger charge is 2.39. The average molecular weight is 153 g/mol. The van der Waals surface area contributed by atoms with Gasteiger partial charge < -0.3 is 9.82 Å². The lowest BCUT2D eigenvalue weighted by molar-refractivity contribution is 0.0848. The molecule has 2 rings (SSSR count). The van der Waals surface area contributed by atoms with Gasteiger partial charge in [0.25, 0.3) is 0 Å². The van der Waals surface area contributed by atoms with Gasteiger partial charge in [-0.25, -0.2) is 4.98 Å². The number of hydrogen-bond acceptors (Lipinski definition) is 3. The Morgan fingerprint density at radius 3 is 3.36 bits per heavy atom. The molecule has 1 fully saturated rings. The monoisotopic (exact) mass is 153 g/mol. The number of aromatic amines is 1. The smallest absolute Gasteiger partial charge is 0.0921 e. The van der Waals surface area contributed by atoms with Crippen molar-refractivity contribution in [1.29, 1.82) is 0 Å². The van der Waals surface area contributed by atoms with Crippen LogP contribution < -0.4 is 5.48 Å². The Morgan fingerprint density at radius 1 is 1.82 bits per heavy atom. The van der Waals surface area contributed by atoms with Gasteiger partial charge in [0.2, 0.25) is 0 Å². The van der Waals surface area contributed by atoms with Gasteiger partial charge in [-0.05, 0) is 6.42 Å². The van der Waals surface area contributed by atoms with E-state index in [1.54, 1.807) is 13.4 Å². The fraction of sp³-hybridized carbons (Fsp3) is 0.571. The van der Waals surface area contributed by atoms with E-state index < -0.39 is 0 Å². The van der Waals surface area contributed by atoms with E-state index in [0.29, 0.717) is 12.0 Å². The molecule has 1 aliphatic carbocycles. The second kappa shape index (κ2) is 2.64. The van der Waals surface area contributed by atoms with Crippen LogP contribution in [0, 0.1) is 0 Å². The molecule has 0 aromatic carbocycles. The summed E-state index contributed by atoms with van der Waals surface area (Å²) in [5.41, 5.74) is 4.10. The highest BCUT2D eigenvalue weighted by molar-refractivity contribution is 5.17. The second-order valence-electron chi connectivity index (χ2n) is 2.78. The predicted octanol–water partition coefficient (Wildman–Crippen LogP) is 0.417. The van der Waals surface area contributed by atoms with E-state index >= 15 is 0 Å². The van der Waals surface area contributed by atoms with E-state index in [1.165, 1.54) is 5.69 Å². The molecule has 1 heterocycles. The first kappa shape index (κ1) is 6.82. The van der Waals surface area contributed by atoms with Gasteiger partial charge in [0.15, 0.2) is 0 Å². The number of hydrogen-bond donors (Lipinski definition) is 2. The Hall–Kier alpha value is -0.870. The molecule has 4 nitrogen and oxygen atoms in total. The number of rotatable bonds is 3. The Bertz CT molecular complexity index is 222. The van der Waals surface area contributed by atoms with Crippen molar-refractivity contribution < 1.29 is 4.84 Å². The minimum absolute atomic E-state index is 0.473. The molecule has 1 aliphatic rings. The van der Waals surface area contributed by atoms with Crippen molar-refractivity contribution in [3.63, 3.8) is 0 Å². The Balaban J connectivity index is 1.92. The van der Waals surface area contributed by atoms with Crippen LogP contribution in [0.1, 0.15) is 18.0 Å². The summed E-state index contributed by atoms with van der Waals surface area (Å²) in [5, 5.41) is 0. The van der Waals surface area contributed by atoms with Crippen molar-refractivity contribution in [2.75, 3.05) is 7.11 Å². The van der Waals surface area contributed by atoms with Gasteiger partial charge in [-0.15, -0.1) is 0 Å². The van der Waals surface area contributed by atoms with Gasteiger partial charge in [-0.3, -0.25) is 0 Å². The third kappa shape index (κ3) is 1.27. The highest BCUT2D eigenvalue weighted by Crippen LogP contribution is 2.39. The SMILES string of the molecule is CONC1CC1c1cnc[nH]1. The van der Waals surface area contributed by atoms with Gasteiger partial charge in [-0.1, -0.05) is 0 Å². The number of nitrogens with zero attached hydrogens (tertiary/aromatic N) is 1. The number of nitrogens with one attached hydrogen (secondary N) is 2. The first-order valence-corrected chi connectivity index (χ1v) is 3.68. The van der Waals surface area contributed by atoms with Crippen LogP contribution >= 0.6 is 0 Å². The molecule has 1 aromatic heterocycles. The zero-order valence-electron chi connectivity index (χ0n) is 6.37. The molecule has 0 spiro atoms. The number of H-pyrrole nitrogens is 1. The van der Waals surface area contributed by atoms with Crippen molar-refractivity contribution in [2.24, 2.45) is 0 Å². The van der Waals surface area contributed by atoms with E-state index in [0.717, 1.165) is 6.42 Å². The molecular weight excluding hydrogens is 142 g/mol. The molecule has 4 heteroatoms. The molecule has 0 amide bonds. The molecule has 0 saturated heterocycles. The summed E-state index contributed by atoms with van der Waals surface area (Å²) < 4.78 is 0. The van der Waals surface area contributed by atoms with Crippen molar-refractivity contribution in [2.45, 2.75) is 18.4 Å². The summed E-state index contributed by atoms with van der Waals surface area (Å²) in [6.07, 6.45) is 4.70. The van der Waals surface area contributed by atoms with Crippen LogP contribution in [-0.4, -0.2) is 23.1 Å². The lowest BCUT2D eigenvalue weighted by Crippen LogP contribution is -2.15. The van der Waals surface area contributed by atoms with E-state index in [1.807, 2.05) is 6.20 Å². The van der Waals surface area contributed by atoms with Gasteiger partial charge in [0.05, 0.1) is 13.4 Å². The normalized spacial score (nSPS) is 28.8. The van der Waals surface area contributed by atoms with E-state index in [-0.39, 0.29) is 0 Å². The maximum Gasteiger partial charge on any atom is 0.0921 e. The zero-order chi connectivity index (χ0) is 7.68. The average Bonchev–Trinajstić information content (AvgIpc) is 2.61. The quantitative estimate of drug-likeness (QED) is 0.618. The molecule has 2 atom stereocenters. The zero-order valence-corrected chi connectivity index (χ0v) is 6.37. The Kier molecular flexibility index (Phi) is 1.63. The second-order valence-corrected chi connectivity index (χ2v) is 2.78. The highest BCUT2D eigenvalue weighted by atomic mass is 16.6.